The maximum Gasteiger partial charge on any atom is 0.221 e. The third kappa shape index (κ3) is 3.93. The van der Waals surface area contributed by atoms with Crippen molar-refractivity contribution in [3.05, 3.63) is 82.9 Å². The molecule has 0 spiro atoms. The molecule has 7 nitrogen and oxygen atoms in total. The number of ketones is 2. The van der Waals surface area contributed by atoms with Crippen LogP contribution in [0.2, 0.25) is 0 Å². The summed E-state index contributed by atoms with van der Waals surface area (Å²) in [6.45, 7) is 1.47. The van der Waals surface area contributed by atoms with Crippen LogP contribution in [0.5, 0.6) is 11.5 Å². The first-order valence-corrected chi connectivity index (χ1v) is 8.66. The maximum atomic E-state index is 12.2. The zero-order chi connectivity index (χ0) is 21.1. The SMILES string of the molecule is CC(=O)Nc1ccc(N)cc1.O=C1c2ccccc2C(=O)c2c1ccc(O)c2O. The van der Waals surface area contributed by atoms with E-state index in [1.807, 2.05) is 0 Å². The minimum Gasteiger partial charge on any atom is -0.504 e. The predicted octanol–water partition coefficient (Wildman–Crippen LogP) is 3.10. The molecule has 1 aliphatic rings. The number of benzene rings is 3. The molecule has 0 bridgehead atoms. The van der Waals surface area contributed by atoms with E-state index in [2.05, 4.69) is 5.32 Å². The number of nitrogens with two attached hydrogens (primary N) is 1. The Bertz CT molecular complexity index is 1120. The highest BCUT2D eigenvalue weighted by molar-refractivity contribution is 6.29. The number of nitrogen functional groups attached to an aromatic ring is 1. The highest BCUT2D eigenvalue weighted by Gasteiger charge is 2.32. The summed E-state index contributed by atoms with van der Waals surface area (Å²) < 4.78 is 0. The van der Waals surface area contributed by atoms with Crippen LogP contribution in [-0.2, 0) is 4.79 Å². The van der Waals surface area contributed by atoms with E-state index in [4.69, 9.17) is 5.73 Å². The molecule has 0 aliphatic heterocycles. The summed E-state index contributed by atoms with van der Waals surface area (Å²) in [5, 5.41) is 21.8. The van der Waals surface area contributed by atoms with E-state index in [0.717, 1.165) is 5.69 Å². The molecule has 0 fully saturated rings. The van der Waals surface area contributed by atoms with Gasteiger partial charge in [0.05, 0.1) is 5.56 Å². The molecule has 1 amide bonds. The quantitative estimate of drug-likeness (QED) is 0.292. The Labute approximate surface area is 166 Å². The molecule has 0 saturated heterocycles. The second-order valence-electron chi connectivity index (χ2n) is 6.36. The van der Waals surface area contributed by atoms with Gasteiger partial charge in [0.1, 0.15) is 0 Å². The van der Waals surface area contributed by atoms with Crippen molar-refractivity contribution >= 4 is 28.8 Å². The van der Waals surface area contributed by atoms with Gasteiger partial charge in [0.2, 0.25) is 5.91 Å². The molecule has 29 heavy (non-hydrogen) atoms. The Morgan fingerprint density at radius 3 is 2.00 bits per heavy atom. The molecule has 4 rings (SSSR count). The summed E-state index contributed by atoms with van der Waals surface area (Å²) in [6.07, 6.45) is 0. The number of carbonyl (C=O) groups is 3. The maximum absolute atomic E-state index is 12.2. The number of nitrogens with one attached hydrogen (secondary N) is 1. The summed E-state index contributed by atoms with van der Waals surface area (Å²) in [4.78, 5) is 34.9. The fourth-order valence-electron chi connectivity index (χ4n) is 2.93. The first-order valence-electron chi connectivity index (χ1n) is 8.66. The number of phenolic OH excluding ortho intramolecular Hbond substituents is 2. The van der Waals surface area contributed by atoms with Gasteiger partial charge in [0.25, 0.3) is 0 Å². The Balaban J connectivity index is 0.000000188. The zero-order valence-corrected chi connectivity index (χ0v) is 15.5. The van der Waals surface area contributed by atoms with Crippen molar-refractivity contribution in [1.29, 1.82) is 0 Å². The minimum atomic E-state index is -0.541. The number of amides is 1. The lowest BCUT2D eigenvalue weighted by Gasteiger charge is -2.18. The van der Waals surface area contributed by atoms with Gasteiger partial charge in [0, 0.05) is 35.0 Å². The topological polar surface area (TPSA) is 130 Å². The Morgan fingerprint density at radius 2 is 1.41 bits per heavy atom. The molecule has 0 heterocycles. The number of fused-ring (bicyclic) bond motifs is 2. The summed E-state index contributed by atoms with van der Waals surface area (Å²) in [5.41, 5.74) is 7.47. The zero-order valence-electron chi connectivity index (χ0n) is 15.5. The van der Waals surface area contributed by atoms with Crippen molar-refractivity contribution in [2.45, 2.75) is 6.92 Å². The lowest BCUT2D eigenvalue weighted by Crippen LogP contribution is -2.20. The lowest BCUT2D eigenvalue weighted by atomic mass is 9.83. The third-order valence-corrected chi connectivity index (χ3v) is 4.28. The van der Waals surface area contributed by atoms with Crippen LogP contribution in [0.3, 0.4) is 0 Å². The number of rotatable bonds is 1. The molecule has 5 N–H and O–H groups in total. The average molecular weight is 390 g/mol. The van der Waals surface area contributed by atoms with Crippen molar-refractivity contribution in [2.75, 3.05) is 11.1 Å². The van der Waals surface area contributed by atoms with E-state index >= 15 is 0 Å². The third-order valence-electron chi connectivity index (χ3n) is 4.28. The lowest BCUT2D eigenvalue weighted by molar-refractivity contribution is -0.114. The number of anilines is 2. The number of hydrogen-bond acceptors (Lipinski definition) is 6. The molecule has 1 aliphatic carbocycles. The Hall–Kier alpha value is -4.13. The molecule has 7 heteroatoms. The standard InChI is InChI=1S/C14H8O4.C8H10N2O/c15-10-6-5-9-11(14(10)18)13(17)8-4-2-1-3-7(8)12(9)16;1-6(11)10-8-4-2-7(9)3-5-8/h1-6,15,18H;2-5H,9H2,1H3,(H,10,11). The van der Waals surface area contributed by atoms with Crippen LogP contribution in [0.15, 0.2) is 60.7 Å². The number of carbonyl (C=O) groups excluding carboxylic acids is 3. The van der Waals surface area contributed by atoms with E-state index < -0.39 is 17.3 Å². The summed E-state index contributed by atoms with van der Waals surface area (Å²) >= 11 is 0. The number of hydrogen-bond donors (Lipinski definition) is 4. The fourth-order valence-corrected chi connectivity index (χ4v) is 2.93. The van der Waals surface area contributed by atoms with Gasteiger partial charge < -0.3 is 21.3 Å². The van der Waals surface area contributed by atoms with E-state index in [-0.39, 0.29) is 28.4 Å². The molecule has 0 radical (unpaired) electrons. The van der Waals surface area contributed by atoms with Crippen molar-refractivity contribution in [1.82, 2.24) is 0 Å². The van der Waals surface area contributed by atoms with E-state index in [9.17, 15) is 24.6 Å². The molecular weight excluding hydrogens is 372 g/mol. The van der Waals surface area contributed by atoms with Crippen molar-refractivity contribution in [2.24, 2.45) is 0 Å². The molecule has 3 aromatic rings. The molecule has 0 aromatic heterocycles. The van der Waals surface area contributed by atoms with E-state index in [1.54, 1.807) is 42.5 Å². The van der Waals surface area contributed by atoms with Gasteiger partial charge in [-0.25, -0.2) is 0 Å². The predicted molar refractivity (Wildman–Crippen MR) is 108 cm³/mol. The van der Waals surface area contributed by atoms with Gasteiger partial charge in [-0.05, 0) is 36.4 Å². The van der Waals surface area contributed by atoms with Crippen molar-refractivity contribution < 1.29 is 24.6 Å². The molecule has 0 saturated carbocycles. The highest BCUT2D eigenvalue weighted by atomic mass is 16.3. The molecule has 0 unspecified atom stereocenters. The monoisotopic (exact) mass is 390 g/mol. The van der Waals surface area contributed by atoms with Crippen LogP contribution in [0.1, 0.15) is 38.8 Å². The van der Waals surface area contributed by atoms with Gasteiger partial charge in [-0.15, -0.1) is 0 Å². The first kappa shape index (κ1) is 19.6. The van der Waals surface area contributed by atoms with E-state index in [0.29, 0.717) is 11.3 Å². The van der Waals surface area contributed by atoms with Crippen LogP contribution in [0.4, 0.5) is 11.4 Å². The fraction of sp³-hybridized carbons (Fsp3) is 0.0455. The normalized spacial score (nSPS) is 11.6. The second kappa shape index (κ2) is 7.85. The molecule has 0 atom stereocenters. The van der Waals surface area contributed by atoms with Crippen LogP contribution in [-0.4, -0.2) is 27.7 Å². The van der Waals surface area contributed by atoms with E-state index in [1.165, 1.54) is 25.1 Å². The van der Waals surface area contributed by atoms with Crippen LogP contribution in [0.25, 0.3) is 0 Å². The average Bonchev–Trinajstić information content (AvgIpc) is 2.70. The van der Waals surface area contributed by atoms with Gasteiger partial charge in [-0.3, -0.25) is 14.4 Å². The van der Waals surface area contributed by atoms with Gasteiger partial charge in [0.15, 0.2) is 23.1 Å². The minimum absolute atomic E-state index is 0.0743. The van der Waals surface area contributed by atoms with Crippen molar-refractivity contribution in [3.8, 4) is 11.5 Å². The number of phenols is 2. The molecule has 3 aromatic carbocycles. The van der Waals surface area contributed by atoms with Gasteiger partial charge in [-0.1, -0.05) is 24.3 Å². The summed E-state index contributed by atoms with van der Waals surface area (Å²) in [5.74, 6) is -1.80. The summed E-state index contributed by atoms with van der Waals surface area (Å²) in [7, 11) is 0. The largest absolute Gasteiger partial charge is 0.504 e. The van der Waals surface area contributed by atoms with Crippen LogP contribution < -0.4 is 11.1 Å². The first-order chi connectivity index (χ1) is 13.8. The van der Waals surface area contributed by atoms with Crippen LogP contribution in [0, 0.1) is 0 Å². The van der Waals surface area contributed by atoms with Gasteiger partial charge in [-0.2, -0.15) is 0 Å². The Morgan fingerprint density at radius 1 is 0.828 bits per heavy atom. The second-order valence-corrected chi connectivity index (χ2v) is 6.36. The summed E-state index contributed by atoms with van der Waals surface area (Å²) in [6, 6.07) is 16.0. The van der Waals surface area contributed by atoms with Crippen LogP contribution >= 0.6 is 0 Å². The van der Waals surface area contributed by atoms with Gasteiger partial charge >= 0.3 is 0 Å². The van der Waals surface area contributed by atoms with Crippen molar-refractivity contribution in [3.63, 3.8) is 0 Å². The Kier molecular flexibility index (Phi) is 5.32. The molecule has 146 valence electrons. The smallest absolute Gasteiger partial charge is 0.221 e. The highest BCUT2D eigenvalue weighted by Crippen LogP contribution is 2.37. The number of aromatic hydroxyl groups is 2. The molecular formula is C22H18N2O5.